The summed E-state index contributed by atoms with van der Waals surface area (Å²) in [7, 11) is 4.30. The monoisotopic (exact) mass is 247 g/mol. The molecule has 0 saturated heterocycles. The van der Waals surface area contributed by atoms with Crippen LogP contribution in [0.3, 0.4) is 0 Å². The average Bonchev–Trinajstić information content (AvgIpc) is 2.32. The Kier molecular flexibility index (Phi) is 3.96. The van der Waals surface area contributed by atoms with E-state index in [0.29, 0.717) is 11.7 Å². The van der Waals surface area contributed by atoms with Crippen LogP contribution >= 0.6 is 0 Å². The van der Waals surface area contributed by atoms with Gasteiger partial charge in [0.1, 0.15) is 5.75 Å². The Morgan fingerprint density at radius 2 is 2.11 bits per heavy atom. The van der Waals surface area contributed by atoms with Crippen LogP contribution in [0.25, 0.3) is 0 Å². The van der Waals surface area contributed by atoms with Crippen molar-refractivity contribution in [2.45, 2.75) is 38.0 Å². The van der Waals surface area contributed by atoms with Crippen LogP contribution in [0.2, 0.25) is 0 Å². The Hall–Kier alpha value is -1.02. The molecule has 2 nitrogen and oxygen atoms in total. The molecule has 0 radical (unpaired) electrons. The first-order valence-corrected chi connectivity index (χ1v) is 6.96. The van der Waals surface area contributed by atoms with Gasteiger partial charge in [0.25, 0.3) is 0 Å². The lowest BCUT2D eigenvalue weighted by Crippen LogP contribution is -2.40. The Labute approximate surface area is 111 Å². The molecule has 2 rings (SSSR count). The van der Waals surface area contributed by atoms with Gasteiger partial charge in [-0.3, -0.25) is 0 Å². The Bertz CT molecular complexity index is 402. The van der Waals surface area contributed by atoms with Crippen molar-refractivity contribution in [2.24, 2.45) is 5.92 Å². The minimum atomic E-state index is 0.210. The fourth-order valence-electron chi connectivity index (χ4n) is 3.38. The standard InChI is InChI=1S/C16H25NO/c1-16(13-8-6-9-15(18)11-13)10-5-4-7-14(16)12-17(2)3/h6,8-9,11,14,18H,4-5,7,10,12H2,1-3H3/t14-,16-/m0/s1. The van der Waals surface area contributed by atoms with Crippen LogP contribution in [0.4, 0.5) is 0 Å². The van der Waals surface area contributed by atoms with Crippen molar-refractivity contribution in [3.05, 3.63) is 29.8 Å². The van der Waals surface area contributed by atoms with Crippen LogP contribution in [-0.4, -0.2) is 30.6 Å². The third-order valence-corrected chi connectivity index (χ3v) is 4.49. The molecule has 0 unspecified atom stereocenters. The van der Waals surface area contributed by atoms with E-state index in [0.717, 1.165) is 6.54 Å². The zero-order valence-corrected chi connectivity index (χ0v) is 11.8. The summed E-state index contributed by atoms with van der Waals surface area (Å²) in [5, 5.41) is 9.72. The highest BCUT2D eigenvalue weighted by Crippen LogP contribution is 2.44. The molecule has 1 aromatic rings. The molecule has 1 saturated carbocycles. The smallest absolute Gasteiger partial charge is 0.115 e. The van der Waals surface area contributed by atoms with Crippen LogP contribution in [0.1, 0.15) is 38.2 Å². The first kappa shape index (κ1) is 13.4. The summed E-state index contributed by atoms with van der Waals surface area (Å²) in [5.41, 5.74) is 1.51. The van der Waals surface area contributed by atoms with E-state index in [9.17, 15) is 5.11 Å². The van der Waals surface area contributed by atoms with Gasteiger partial charge in [-0.2, -0.15) is 0 Å². The number of benzene rings is 1. The van der Waals surface area contributed by atoms with E-state index in [2.05, 4.69) is 32.0 Å². The van der Waals surface area contributed by atoms with Gasteiger partial charge in [0.15, 0.2) is 0 Å². The van der Waals surface area contributed by atoms with E-state index in [1.165, 1.54) is 31.2 Å². The van der Waals surface area contributed by atoms with Crippen molar-refractivity contribution in [1.82, 2.24) is 4.90 Å². The molecule has 2 heteroatoms. The lowest BCUT2D eigenvalue weighted by atomic mass is 9.63. The molecule has 18 heavy (non-hydrogen) atoms. The van der Waals surface area contributed by atoms with E-state index in [1.54, 1.807) is 6.07 Å². The summed E-state index contributed by atoms with van der Waals surface area (Å²) < 4.78 is 0. The minimum Gasteiger partial charge on any atom is -0.508 e. The molecule has 1 fully saturated rings. The predicted molar refractivity (Wildman–Crippen MR) is 76.0 cm³/mol. The number of phenols is 1. The second-order valence-electron chi connectivity index (χ2n) is 6.17. The summed E-state index contributed by atoms with van der Waals surface area (Å²) in [6, 6.07) is 7.86. The molecule has 1 N–H and O–H groups in total. The van der Waals surface area contributed by atoms with Crippen molar-refractivity contribution in [2.75, 3.05) is 20.6 Å². The van der Waals surface area contributed by atoms with Gasteiger partial charge in [-0.15, -0.1) is 0 Å². The molecule has 0 aromatic heterocycles. The van der Waals surface area contributed by atoms with Gasteiger partial charge in [0.2, 0.25) is 0 Å². The highest BCUT2D eigenvalue weighted by Gasteiger charge is 2.38. The van der Waals surface area contributed by atoms with E-state index in [-0.39, 0.29) is 5.41 Å². The van der Waals surface area contributed by atoms with Crippen molar-refractivity contribution < 1.29 is 5.11 Å². The average molecular weight is 247 g/mol. The highest BCUT2D eigenvalue weighted by molar-refractivity contribution is 5.33. The molecule has 0 aliphatic heterocycles. The molecule has 1 aliphatic carbocycles. The fraction of sp³-hybridized carbons (Fsp3) is 0.625. The van der Waals surface area contributed by atoms with Gasteiger partial charge >= 0.3 is 0 Å². The molecule has 0 spiro atoms. The van der Waals surface area contributed by atoms with Gasteiger partial charge in [0.05, 0.1) is 0 Å². The predicted octanol–water partition coefficient (Wildman–Crippen LogP) is 3.40. The molecular weight excluding hydrogens is 222 g/mol. The first-order valence-electron chi connectivity index (χ1n) is 6.96. The lowest BCUT2D eigenvalue weighted by molar-refractivity contribution is 0.160. The van der Waals surface area contributed by atoms with E-state index in [4.69, 9.17) is 0 Å². The minimum absolute atomic E-state index is 0.210. The summed E-state index contributed by atoms with van der Waals surface area (Å²) in [4.78, 5) is 2.29. The van der Waals surface area contributed by atoms with Crippen LogP contribution in [-0.2, 0) is 5.41 Å². The molecular formula is C16H25NO. The zero-order chi connectivity index (χ0) is 13.2. The number of hydrogen-bond acceptors (Lipinski definition) is 2. The third-order valence-electron chi connectivity index (χ3n) is 4.49. The number of phenolic OH excluding ortho intramolecular Hbond substituents is 1. The van der Waals surface area contributed by atoms with Gasteiger partial charge < -0.3 is 10.0 Å². The molecule has 0 bridgehead atoms. The summed E-state index contributed by atoms with van der Waals surface area (Å²) in [6.07, 6.45) is 5.17. The highest BCUT2D eigenvalue weighted by atomic mass is 16.3. The number of rotatable bonds is 3. The Morgan fingerprint density at radius 3 is 2.78 bits per heavy atom. The van der Waals surface area contributed by atoms with Crippen molar-refractivity contribution >= 4 is 0 Å². The number of nitrogens with zero attached hydrogens (tertiary/aromatic N) is 1. The van der Waals surface area contributed by atoms with Crippen LogP contribution in [0.5, 0.6) is 5.75 Å². The van der Waals surface area contributed by atoms with Gasteiger partial charge in [0, 0.05) is 6.54 Å². The zero-order valence-electron chi connectivity index (χ0n) is 11.8. The molecule has 2 atom stereocenters. The molecule has 0 amide bonds. The maximum atomic E-state index is 9.72. The molecule has 1 aromatic carbocycles. The number of aromatic hydroxyl groups is 1. The summed E-state index contributed by atoms with van der Waals surface area (Å²) >= 11 is 0. The second-order valence-corrected chi connectivity index (χ2v) is 6.17. The SMILES string of the molecule is CN(C)C[C@@H]1CCCC[C@@]1(C)c1cccc(O)c1. The molecule has 1 aliphatic rings. The quantitative estimate of drug-likeness (QED) is 0.885. The normalized spacial score (nSPS) is 28.6. The van der Waals surface area contributed by atoms with Gasteiger partial charge in [-0.25, -0.2) is 0 Å². The van der Waals surface area contributed by atoms with Crippen LogP contribution < -0.4 is 0 Å². The van der Waals surface area contributed by atoms with Crippen molar-refractivity contribution in [3.63, 3.8) is 0 Å². The second kappa shape index (κ2) is 5.31. The van der Waals surface area contributed by atoms with E-state index in [1.807, 2.05) is 12.1 Å². The first-order chi connectivity index (χ1) is 8.52. The molecule has 100 valence electrons. The van der Waals surface area contributed by atoms with Crippen LogP contribution in [0, 0.1) is 5.92 Å². The van der Waals surface area contributed by atoms with Crippen molar-refractivity contribution in [1.29, 1.82) is 0 Å². The lowest BCUT2D eigenvalue weighted by Gasteiger charge is -2.43. The van der Waals surface area contributed by atoms with Gasteiger partial charge in [-0.05, 0) is 56.0 Å². The summed E-state index contributed by atoms with van der Waals surface area (Å²) in [6.45, 7) is 3.50. The fourth-order valence-corrected chi connectivity index (χ4v) is 3.38. The Morgan fingerprint density at radius 1 is 1.33 bits per heavy atom. The summed E-state index contributed by atoms with van der Waals surface area (Å²) in [5.74, 6) is 1.07. The molecule has 0 heterocycles. The van der Waals surface area contributed by atoms with E-state index < -0.39 is 0 Å². The van der Waals surface area contributed by atoms with Crippen LogP contribution in [0.15, 0.2) is 24.3 Å². The topological polar surface area (TPSA) is 23.5 Å². The maximum Gasteiger partial charge on any atom is 0.115 e. The van der Waals surface area contributed by atoms with E-state index >= 15 is 0 Å². The number of hydrogen-bond donors (Lipinski definition) is 1. The van der Waals surface area contributed by atoms with Crippen molar-refractivity contribution in [3.8, 4) is 5.75 Å². The largest absolute Gasteiger partial charge is 0.508 e. The Balaban J connectivity index is 2.29. The van der Waals surface area contributed by atoms with Gasteiger partial charge in [-0.1, -0.05) is 31.9 Å². The third kappa shape index (κ3) is 2.69. The maximum absolute atomic E-state index is 9.72.